The lowest BCUT2D eigenvalue weighted by molar-refractivity contribution is 0.0995. The molecule has 0 atom stereocenters. The highest BCUT2D eigenvalue weighted by Crippen LogP contribution is 1.85. The molecule has 1 heterocycles. The molecule has 66 valence electrons. The Morgan fingerprint density at radius 2 is 1.85 bits per heavy atom. The van der Waals surface area contributed by atoms with Gasteiger partial charge in [-0.3, -0.25) is 4.79 Å². The van der Waals surface area contributed by atoms with E-state index in [-0.39, 0.29) is 5.69 Å². The van der Waals surface area contributed by atoms with Gasteiger partial charge in [-0.15, -0.1) is 5.10 Å². The number of carbonyl (C=O) groups is 1. The van der Waals surface area contributed by atoms with E-state index >= 15 is 0 Å². The van der Waals surface area contributed by atoms with Crippen LogP contribution in [0.5, 0.6) is 0 Å². The first-order valence-corrected chi connectivity index (χ1v) is 3.71. The normalized spacial score (nSPS) is 8.62. The Hall–Kier alpha value is -1.97. The first-order valence-electron chi connectivity index (χ1n) is 3.71. The van der Waals surface area contributed by atoms with E-state index in [1.54, 1.807) is 24.3 Å². The minimum Gasteiger partial charge on any atom is -0.364 e. The Morgan fingerprint density at radius 1 is 1.15 bits per heavy atom. The Balaban J connectivity index is 3.19. The largest absolute Gasteiger partial charge is 0.364 e. The van der Waals surface area contributed by atoms with E-state index < -0.39 is 5.91 Å². The predicted octanol–water partition coefficient (Wildman–Crippen LogP) is 0.700. The van der Waals surface area contributed by atoms with Gasteiger partial charge in [0.15, 0.2) is 5.69 Å². The second kappa shape index (κ2) is 4.82. The molecule has 1 rings (SSSR count). The third-order valence-electron chi connectivity index (χ3n) is 1.27. The van der Waals surface area contributed by atoms with Crippen LogP contribution in [0.15, 0.2) is 42.6 Å². The Labute approximate surface area is 75.7 Å². The zero-order valence-electron chi connectivity index (χ0n) is 6.92. The number of aromatic nitrogens is 2. The summed E-state index contributed by atoms with van der Waals surface area (Å²) in [7, 11) is 0. The van der Waals surface area contributed by atoms with Gasteiger partial charge in [-0.25, -0.2) is 0 Å². The number of amides is 1. The topological polar surface area (TPSA) is 68.9 Å². The first kappa shape index (κ1) is 9.12. The van der Waals surface area contributed by atoms with Crippen molar-refractivity contribution in [1.82, 2.24) is 10.2 Å². The summed E-state index contributed by atoms with van der Waals surface area (Å²) in [5.74, 6) is -0.591. The molecule has 2 N–H and O–H groups in total. The number of rotatable bonds is 1. The summed E-state index contributed by atoms with van der Waals surface area (Å²) >= 11 is 0. The van der Waals surface area contributed by atoms with Crippen LogP contribution in [0.2, 0.25) is 0 Å². The van der Waals surface area contributed by atoms with Gasteiger partial charge in [0, 0.05) is 6.20 Å². The lowest BCUT2D eigenvalue weighted by Gasteiger charge is -1.85. The van der Waals surface area contributed by atoms with E-state index in [9.17, 15) is 4.79 Å². The maximum absolute atomic E-state index is 10.7. The van der Waals surface area contributed by atoms with Crippen molar-refractivity contribution in [1.29, 1.82) is 0 Å². The Bertz CT molecular complexity index is 326. The van der Waals surface area contributed by atoms with Crippen LogP contribution < -0.4 is 5.73 Å². The molecule has 0 bridgehead atoms. The molecule has 0 saturated heterocycles. The van der Waals surface area contributed by atoms with Gasteiger partial charge in [0.2, 0.25) is 0 Å². The highest BCUT2D eigenvalue weighted by atomic mass is 16.1. The lowest BCUT2D eigenvalue weighted by atomic mass is 10.4. The number of primary amides is 1. The second-order valence-corrected chi connectivity index (χ2v) is 2.24. The molecule has 1 amide bonds. The summed E-state index contributed by atoms with van der Waals surface area (Å²) in [5, 5.41) is 7.25. The van der Waals surface area contributed by atoms with E-state index in [1.165, 1.54) is 12.3 Å². The van der Waals surface area contributed by atoms with Gasteiger partial charge in [0.1, 0.15) is 0 Å². The number of nitrogens with two attached hydrogens (primary N) is 1. The summed E-state index contributed by atoms with van der Waals surface area (Å²) in [6, 6.07) is 10.3. The maximum Gasteiger partial charge on any atom is 0.269 e. The molecule has 0 aromatic carbocycles. The molecule has 4 heteroatoms. The van der Waals surface area contributed by atoms with Gasteiger partial charge >= 0.3 is 0 Å². The molecule has 1 aromatic rings. The first-order chi connectivity index (χ1) is 6.30. The van der Waals surface area contributed by atoms with Crippen molar-refractivity contribution in [2.24, 2.45) is 5.73 Å². The molecule has 0 aliphatic rings. The SMILES string of the molecule is NC(=O)c1cccccccnn1. The number of carbonyl (C=O) groups excluding carboxylic acids is 1. The second-order valence-electron chi connectivity index (χ2n) is 2.24. The molecule has 13 heavy (non-hydrogen) atoms. The van der Waals surface area contributed by atoms with E-state index in [2.05, 4.69) is 10.2 Å². The Morgan fingerprint density at radius 3 is 2.62 bits per heavy atom. The van der Waals surface area contributed by atoms with Gasteiger partial charge in [0.05, 0.1) is 0 Å². The van der Waals surface area contributed by atoms with Crippen LogP contribution in [0.3, 0.4) is 0 Å². The zero-order chi connectivity index (χ0) is 9.52. The zero-order valence-corrected chi connectivity index (χ0v) is 6.92. The molecule has 0 spiro atoms. The van der Waals surface area contributed by atoms with Crippen LogP contribution in [0.1, 0.15) is 10.5 Å². The minimum atomic E-state index is -0.591. The van der Waals surface area contributed by atoms with Crippen LogP contribution >= 0.6 is 0 Å². The maximum atomic E-state index is 10.7. The molecule has 0 aliphatic heterocycles. The van der Waals surface area contributed by atoms with Gasteiger partial charge < -0.3 is 5.73 Å². The number of hydrogen-bond donors (Lipinski definition) is 1. The smallest absolute Gasteiger partial charge is 0.269 e. The van der Waals surface area contributed by atoms with Crippen LogP contribution in [-0.2, 0) is 0 Å². The standard InChI is InChI=1S/C9H9N3O/c10-9(13)8-6-4-2-1-3-5-7-11-12-8/h1-7H,(H2,10,13). The molecule has 0 unspecified atom stereocenters. The third kappa shape index (κ3) is 3.29. The van der Waals surface area contributed by atoms with Crippen molar-refractivity contribution in [2.75, 3.05) is 0 Å². The molecule has 0 fully saturated rings. The minimum absolute atomic E-state index is 0.135. The molecule has 1 aromatic heterocycles. The third-order valence-corrected chi connectivity index (χ3v) is 1.27. The van der Waals surface area contributed by atoms with E-state index in [0.717, 1.165) is 0 Å². The summed E-state index contributed by atoms with van der Waals surface area (Å²) in [6.07, 6.45) is 1.48. The van der Waals surface area contributed by atoms with Crippen molar-refractivity contribution >= 4 is 5.91 Å². The highest BCUT2D eigenvalue weighted by Gasteiger charge is 1.96. The summed E-state index contributed by atoms with van der Waals surface area (Å²) < 4.78 is 0. The molecule has 0 aliphatic carbocycles. The van der Waals surface area contributed by atoms with Crippen LogP contribution in [0.25, 0.3) is 0 Å². The van der Waals surface area contributed by atoms with Crippen LogP contribution in [0.4, 0.5) is 0 Å². The molecule has 4 nitrogen and oxygen atoms in total. The van der Waals surface area contributed by atoms with Crippen molar-refractivity contribution in [3.63, 3.8) is 0 Å². The van der Waals surface area contributed by atoms with Crippen molar-refractivity contribution < 1.29 is 4.79 Å². The fourth-order valence-corrected chi connectivity index (χ4v) is 0.688. The average molecular weight is 175 g/mol. The van der Waals surface area contributed by atoms with Crippen molar-refractivity contribution in [3.8, 4) is 0 Å². The van der Waals surface area contributed by atoms with Crippen LogP contribution in [0, 0.1) is 0 Å². The fourth-order valence-electron chi connectivity index (χ4n) is 0.688. The number of hydrogen-bond acceptors (Lipinski definition) is 3. The number of nitrogens with zero attached hydrogens (tertiary/aromatic N) is 2. The van der Waals surface area contributed by atoms with Crippen molar-refractivity contribution in [3.05, 3.63) is 48.3 Å². The van der Waals surface area contributed by atoms with Gasteiger partial charge in [-0.05, 0) is 12.1 Å². The molecular formula is C9H9N3O. The summed E-state index contributed by atoms with van der Waals surface area (Å²) in [5.41, 5.74) is 5.18. The van der Waals surface area contributed by atoms with Gasteiger partial charge in [-0.1, -0.05) is 24.3 Å². The summed E-state index contributed by atoms with van der Waals surface area (Å²) in [6.45, 7) is 0. The van der Waals surface area contributed by atoms with E-state index in [1.807, 2.05) is 6.07 Å². The quantitative estimate of drug-likeness (QED) is 0.683. The monoisotopic (exact) mass is 175 g/mol. The Kier molecular flexibility index (Phi) is 3.38. The fraction of sp³-hybridized carbons (Fsp3) is 0. The molecular weight excluding hydrogens is 166 g/mol. The molecule has 0 radical (unpaired) electrons. The molecule has 0 saturated carbocycles. The summed E-state index contributed by atoms with van der Waals surface area (Å²) in [4.78, 5) is 10.7. The van der Waals surface area contributed by atoms with Gasteiger partial charge in [-0.2, -0.15) is 5.10 Å². The van der Waals surface area contributed by atoms with E-state index in [4.69, 9.17) is 5.73 Å². The van der Waals surface area contributed by atoms with Crippen molar-refractivity contribution in [2.45, 2.75) is 0 Å². The average Bonchev–Trinajstić information content (AvgIpc) is 2.14. The van der Waals surface area contributed by atoms with Gasteiger partial charge in [0.25, 0.3) is 5.91 Å². The highest BCUT2D eigenvalue weighted by molar-refractivity contribution is 5.90. The van der Waals surface area contributed by atoms with E-state index in [0.29, 0.717) is 0 Å². The lowest BCUT2D eigenvalue weighted by Crippen LogP contribution is -2.12. The van der Waals surface area contributed by atoms with Crippen LogP contribution in [-0.4, -0.2) is 16.1 Å². The predicted molar refractivity (Wildman–Crippen MR) is 48.2 cm³/mol.